The zero-order valence-corrected chi connectivity index (χ0v) is 17.8. The van der Waals surface area contributed by atoms with Crippen molar-refractivity contribution in [3.63, 3.8) is 0 Å². The number of nitrogens with zero attached hydrogens (tertiary/aromatic N) is 3. The Balaban J connectivity index is 1.25. The lowest BCUT2D eigenvalue weighted by atomic mass is 9.99. The maximum atomic E-state index is 12.9. The standard InChI is InChI=1S/C24H22N4O2S/c29-21(27-14-12-17(13-15-27)16-6-2-1-3-7-16)11-10-20-23(30)28-22(25-20)18-8-4-5-9-19(18)26-24(28)31/h1-9,12,20,25H,10-11,13-15H2/t20-/m1/s1. The van der Waals surface area contributed by atoms with Crippen molar-refractivity contribution in [1.82, 2.24) is 14.5 Å². The summed E-state index contributed by atoms with van der Waals surface area (Å²) in [4.78, 5) is 31.9. The molecule has 0 saturated heterocycles. The molecular weight excluding hydrogens is 408 g/mol. The van der Waals surface area contributed by atoms with Gasteiger partial charge in [0.2, 0.25) is 10.7 Å². The molecule has 0 fully saturated rings. The molecule has 5 rings (SSSR count). The van der Waals surface area contributed by atoms with Gasteiger partial charge in [0, 0.05) is 24.9 Å². The molecule has 3 aromatic rings. The normalized spacial score (nSPS) is 17.9. The van der Waals surface area contributed by atoms with Crippen LogP contribution in [0, 0.1) is 4.77 Å². The summed E-state index contributed by atoms with van der Waals surface area (Å²) in [6.45, 7) is 1.31. The number of fused-ring (bicyclic) bond motifs is 3. The quantitative estimate of drug-likeness (QED) is 0.625. The molecule has 1 amide bonds. The highest BCUT2D eigenvalue weighted by Gasteiger charge is 2.32. The summed E-state index contributed by atoms with van der Waals surface area (Å²) in [6.07, 6.45) is 3.70. The van der Waals surface area contributed by atoms with Crippen LogP contribution in [0.1, 0.15) is 29.6 Å². The Morgan fingerprint density at radius 3 is 2.68 bits per heavy atom. The van der Waals surface area contributed by atoms with Crippen LogP contribution in [-0.2, 0) is 4.79 Å². The molecule has 0 spiro atoms. The number of hydrogen-bond donors (Lipinski definition) is 1. The highest BCUT2D eigenvalue weighted by molar-refractivity contribution is 7.71. The van der Waals surface area contributed by atoms with E-state index in [4.69, 9.17) is 12.2 Å². The van der Waals surface area contributed by atoms with Crippen LogP contribution in [0.5, 0.6) is 0 Å². The van der Waals surface area contributed by atoms with Gasteiger partial charge in [0.1, 0.15) is 11.9 Å². The van der Waals surface area contributed by atoms with Gasteiger partial charge in [0.15, 0.2) is 0 Å². The van der Waals surface area contributed by atoms with Crippen molar-refractivity contribution in [3.05, 3.63) is 71.0 Å². The monoisotopic (exact) mass is 430 g/mol. The number of amides is 1. The fourth-order valence-corrected chi connectivity index (χ4v) is 4.58. The smallest absolute Gasteiger partial charge is 0.257 e. The Hall–Kier alpha value is -3.32. The fraction of sp³-hybridized carbons (Fsp3) is 0.250. The predicted octanol–water partition coefficient (Wildman–Crippen LogP) is 4.30. The average molecular weight is 431 g/mol. The van der Waals surface area contributed by atoms with E-state index in [9.17, 15) is 9.59 Å². The van der Waals surface area contributed by atoms with Crippen LogP contribution in [0.3, 0.4) is 0 Å². The predicted molar refractivity (Wildman–Crippen MR) is 123 cm³/mol. The van der Waals surface area contributed by atoms with Gasteiger partial charge in [-0.05, 0) is 48.3 Å². The molecule has 3 heterocycles. The third-order valence-electron chi connectivity index (χ3n) is 5.97. The molecule has 7 heteroatoms. The minimum Gasteiger partial charge on any atom is -0.359 e. The van der Waals surface area contributed by atoms with Crippen molar-refractivity contribution in [3.8, 4) is 0 Å². The summed E-state index contributed by atoms with van der Waals surface area (Å²) >= 11 is 5.34. The van der Waals surface area contributed by atoms with Gasteiger partial charge in [-0.15, -0.1) is 0 Å². The SMILES string of the molecule is O=C(CC[C@H]1Nc2c3ccccc3nc(=S)n2C1=O)N1CC=C(c2ccccc2)CC1. The Bertz CT molecular complexity index is 1270. The number of hydrogen-bond acceptors (Lipinski definition) is 5. The molecule has 6 nitrogen and oxygen atoms in total. The average Bonchev–Trinajstić information content (AvgIpc) is 3.15. The first kappa shape index (κ1) is 19.6. The molecule has 1 N–H and O–H groups in total. The number of carbonyl (C=O) groups excluding carboxylic acids is 2. The fourth-order valence-electron chi connectivity index (χ4n) is 4.30. The van der Waals surface area contributed by atoms with E-state index in [2.05, 4.69) is 28.5 Å². The van der Waals surface area contributed by atoms with Crippen molar-refractivity contribution < 1.29 is 9.59 Å². The van der Waals surface area contributed by atoms with Crippen LogP contribution < -0.4 is 5.32 Å². The van der Waals surface area contributed by atoms with Crippen LogP contribution in [0.4, 0.5) is 5.82 Å². The number of rotatable bonds is 4. The first-order valence-electron chi connectivity index (χ1n) is 10.5. The van der Waals surface area contributed by atoms with Crippen LogP contribution in [-0.4, -0.2) is 45.4 Å². The summed E-state index contributed by atoms with van der Waals surface area (Å²) in [5.41, 5.74) is 3.25. The summed E-state index contributed by atoms with van der Waals surface area (Å²) in [5.74, 6) is 0.600. The first-order valence-corrected chi connectivity index (χ1v) is 10.9. The Morgan fingerprint density at radius 1 is 1.13 bits per heavy atom. The summed E-state index contributed by atoms with van der Waals surface area (Å²) in [6, 6.07) is 17.4. The Morgan fingerprint density at radius 2 is 1.90 bits per heavy atom. The number of para-hydroxylation sites is 1. The Labute approximate surface area is 185 Å². The van der Waals surface area contributed by atoms with Gasteiger partial charge in [0.05, 0.1) is 5.52 Å². The second-order valence-electron chi connectivity index (χ2n) is 7.85. The van der Waals surface area contributed by atoms with Gasteiger partial charge in [-0.25, -0.2) is 9.55 Å². The molecule has 31 heavy (non-hydrogen) atoms. The van der Waals surface area contributed by atoms with Crippen molar-refractivity contribution >= 4 is 46.3 Å². The lowest BCUT2D eigenvalue weighted by molar-refractivity contribution is -0.130. The van der Waals surface area contributed by atoms with Crippen LogP contribution in [0.2, 0.25) is 0 Å². The molecule has 0 saturated carbocycles. The van der Waals surface area contributed by atoms with E-state index in [1.165, 1.54) is 15.7 Å². The van der Waals surface area contributed by atoms with Gasteiger partial charge in [-0.3, -0.25) is 9.59 Å². The molecule has 1 aromatic heterocycles. The second kappa shape index (κ2) is 8.07. The van der Waals surface area contributed by atoms with Gasteiger partial charge >= 0.3 is 0 Å². The van der Waals surface area contributed by atoms with E-state index in [0.29, 0.717) is 31.7 Å². The molecule has 1 atom stereocenters. The largest absolute Gasteiger partial charge is 0.359 e. The molecule has 0 aliphatic carbocycles. The molecule has 156 valence electrons. The molecule has 0 unspecified atom stereocenters. The third kappa shape index (κ3) is 3.65. The van der Waals surface area contributed by atoms with Gasteiger partial charge in [-0.2, -0.15) is 0 Å². The van der Waals surface area contributed by atoms with E-state index in [-0.39, 0.29) is 16.6 Å². The zero-order chi connectivity index (χ0) is 21.4. The first-order chi connectivity index (χ1) is 15.1. The van der Waals surface area contributed by atoms with Crippen LogP contribution >= 0.6 is 12.2 Å². The molecular formula is C24H22N4O2S. The highest BCUT2D eigenvalue weighted by Crippen LogP contribution is 2.29. The minimum absolute atomic E-state index is 0.0699. The summed E-state index contributed by atoms with van der Waals surface area (Å²) < 4.78 is 1.71. The lowest BCUT2D eigenvalue weighted by Gasteiger charge is -2.27. The molecule has 2 aliphatic heterocycles. The zero-order valence-electron chi connectivity index (χ0n) is 17.0. The highest BCUT2D eigenvalue weighted by atomic mass is 32.1. The minimum atomic E-state index is -0.474. The van der Waals surface area contributed by atoms with Crippen molar-refractivity contribution in [2.24, 2.45) is 0 Å². The molecule has 2 aliphatic rings. The summed E-state index contributed by atoms with van der Waals surface area (Å²) in [5, 5.41) is 4.13. The van der Waals surface area contributed by atoms with E-state index in [1.807, 2.05) is 47.4 Å². The third-order valence-corrected chi connectivity index (χ3v) is 6.25. The number of benzene rings is 2. The van der Waals surface area contributed by atoms with Crippen LogP contribution in [0.25, 0.3) is 16.5 Å². The van der Waals surface area contributed by atoms with Gasteiger partial charge in [0.25, 0.3) is 5.91 Å². The van der Waals surface area contributed by atoms with Crippen molar-refractivity contribution in [1.29, 1.82) is 0 Å². The number of carbonyl (C=O) groups is 2. The van der Waals surface area contributed by atoms with Crippen molar-refractivity contribution in [2.75, 3.05) is 18.4 Å². The summed E-state index contributed by atoms with van der Waals surface area (Å²) in [7, 11) is 0. The number of anilines is 1. The maximum absolute atomic E-state index is 12.9. The van der Waals surface area contributed by atoms with Crippen molar-refractivity contribution in [2.45, 2.75) is 25.3 Å². The topological polar surface area (TPSA) is 67.2 Å². The van der Waals surface area contributed by atoms with E-state index in [0.717, 1.165) is 17.3 Å². The van der Waals surface area contributed by atoms with Gasteiger partial charge in [-0.1, -0.05) is 48.5 Å². The van der Waals surface area contributed by atoms with E-state index < -0.39 is 6.04 Å². The van der Waals surface area contributed by atoms with E-state index in [1.54, 1.807) is 0 Å². The molecule has 0 radical (unpaired) electrons. The maximum Gasteiger partial charge on any atom is 0.257 e. The molecule has 0 bridgehead atoms. The Kier molecular flexibility index (Phi) is 5.11. The lowest BCUT2D eigenvalue weighted by Crippen LogP contribution is -2.36. The van der Waals surface area contributed by atoms with Crippen LogP contribution in [0.15, 0.2) is 60.7 Å². The second-order valence-corrected chi connectivity index (χ2v) is 8.22. The number of aromatic nitrogens is 2. The number of nitrogens with one attached hydrogen (secondary N) is 1. The van der Waals surface area contributed by atoms with Gasteiger partial charge < -0.3 is 10.2 Å². The molecule has 2 aromatic carbocycles. The van der Waals surface area contributed by atoms with E-state index >= 15 is 0 Å².